The third kappa shape index (κ3) is 6.18. The highest BCUT2D eigenvalue weighted by molar-refractivity contribution is 9.11. The van der Waals surface area contributed by atoms with E-state index < -0.39 is 5.92 Å². The number of carbonyl (C=O) groups is 2. The molecule has 0 spiro atoms. The summed E-state index contributed by atoms with van der Waals surface area (Å²) in [6.07, 6.45) is 8.92. The number of unbranched alkanes of at least 4 members (excludes halogenated alkanes) is 2. The maximum Gasteiger partial charge on any atom is 0.253 e. The monoisotopic (exact) mass is 682 g/mol. The van der Waals surface area contributed by atoms with Crippen molar-refractivity contribution in [2.24, 2.45) is 17.8 Å². The van der Waals surface area contributed by atoms with Crippen LogP contribution in [0, 0.1) is 17.8 Å². The Balaban J connectivity index is 1.81. The largest absolute Gasteiger partial charge is 0.330 e. The van der Waals surface area contributed by atoms with Crippen LogP contribution in [0.25, 0.3) is 5.70 Å². The number of nitrogens with zero attached hydrogens (tertiary/aromatic N) is 2. The van der Waals surface area contributed by atoms with Crippen molar-refractivity contribution in [3.05, 3.63) is 47.2 Å². The molecule has 208 valence electrons. The van der Waals surface area contributed by atoms with Crippen molar-refractivity contribution in [3.8, 4) is 0 Å². The fraction of sp³-hybridized carbons (Fsp3) is 0.600. The summed E-state index contributed by atoms with van der Waals surface area (Å²) >= 11 is 10.5. The lowest BCUT2D eigenvalue weighted by atomic mass is 9.94. The van der Waals surface area contributed by atoms with Gasteiger partial charge in [-0.15, -0.1) is 22.7 Å². The third-order valence-corrected chi connectivity index (χ3v) is 11.5. The number of halogens is 2. The van der Waals surface area contributed by atoms with Gasteiger partial charge in [-0.3, -0.25) is 9.59 Å². The molecule has 4 rings (SSSR count). The topological polar surface area (TPSA) is 40.6 Å². The van der Waals surface area contributed by atoms with E-state index in [1.54, 1.807) is 22.7 Å². The molecule has 2 aromatic heterocycles. The summed E-state index contributed by atoms with van der Waals surface area (Å²) in [6, 6.07) is 8.00. The van der Waals surface area contributed by atoms with Crippen LogP contribution < -0.4 is 0 Å². The van der Waals surface area contributed by atoms with Crippen LogP contribution in [0.3, 0.4) is 0 Å². The van der Waals surface area contributed by atoms with Gasteiger partial charge in [0.05, 0.1) is 35.7 Å². The van der Waals surface area contributed by atoms with Crippen molar-refractivity contribution in [2.45, 2.75) is 85.1 Å². The molecule has 8 heteroatoms. The molecule has 2 aliphatic heterocycles. The van der Waals surface area contributed by atoms with E-state index in [2.05, 4.69) is 71.7 Å². The first kappa shape index (κ1) is 30.0. The Hall–Kier alpha value is -0.960. The predicted octanol–water partition coefficient (Wildman–Crippen LogP) is 9.52. The van der Waals surface area contributed by atoms with E-state index in [0.29, 0.717) is 24.9 Å². The number of rotatable bonds is 14. The maximum atomic E-state index is 14.4. The van der Waals surface area contributed by atoms with E-state index in [4.69, 9.17) is 0 Å². The van der Waals surface area contributed by atoms with Crippen molar-refractivity contribution in [2.75, 3.05) is 13.1 Å². The molecule has 0 aliphatic carbocycles. The summed E-state index contributed by atoms with van der Waals surface area (Å²) in [6.45, 7) is 10.3. The van der Waals surface area contributed by atoms with Gasteiger partial charge in [0.25, 0.3) is 5.91 Å². The Morgan fingerprint density at radius 2 is 1.45 bits per heavy atom. The van der Waals surface area contributed by atoms with Crippen LogP contribution in [0.1, 0.15) is 94.9 Å². The lowest BCUT2D eigenvalue weighted by molar-refractivity contribution is -0.131. The van der Waals surface area contributed by atoms with Gasteiger partial charge < -0.3 is 9.80 Å². The standard InChI is InChI=1S/C30H40Br2N2O2S2/c1-5-9-11-19(7-3)17-33-27(21-13-15-23(31)37-21)25-26(29(33)35)28(22-14-16-24(32)38-22)34(30(25)36)18-20(8-4)12-10-6-2/h13-16,19-20,25,27H,5-12,17-18H2,1-4H3. The lowest BCUT2D eigenvalue weighted by Gasteiger charge is -2.32. The average Bonchev–Trinajstić information content (AvgIpc) is 3.66. The van der Waals surface area contributed by atoms with Crippen LogP contribution >= 0.6 is 54.5 Å². The molecular formula is C30H40Br2N2O2S2. The molecule has 2 aliphatic rings. The van der Waals surface area contributed by atoms with Gasteiger partial charge in [-0.25, -0.2) is 0 Å². The zero-order valence-electron chi connectivity index (χ0n) is 23.0. The Bertz CT molecular complexity index is 1160. The first-order chi connectivity index (χ1) is 18.3. The van der Waals surface area contributed by atoms with Gasteiger partial charge in [0.2, 0.25) is 5.91 Å². The Kier molecular flexibility index (Phi) is 10.7. The molecule has 0 bridgehead atoms. The Labute approximate surface area is 253 Å². The molecule has 0 radical (unpaired) electrons. The summed E-state index contributed by atoms with van der Waals surface area (Å²) in [7, 11) is 0. The van der Waals surface area contributed by atoms with Crippen molar-refractivity contribution in [3.63, 3.8) is 0 Å². The molecule has 4 nitrogen and oxygen atoms in total. The van der Waals surface area contributed by atoms with Crippen molar-refractivity contribution in [1.29, 1.82) is 0 Å². The molecule has 38 heavy (non-hydrogen) atoms. The fourth-order valence-corrected chi connectivity index (χ4v) is 8.97. The zero-order chi connectivity index (χ0) is 27.4. The van der Waals surface area contributed by atoms with E-state index in [0.717, 1.165) is 73.5 Å². The molecule has 4 atom stereocenters. The van der Waals surface area contributed by atoms with Crippen molar-refractivity contribution >= 4 is 72.0 Å². The highest BCUT2D eigenvalue weighted by Gasteiger charge is 2.57. The molecule has 4 heterocycles. The van der Waals surface area contributed by atoms with Crippen LogP contribution in [0.2, 0.25) is 0 Å². The van der Waals surface area contributed by atoms with E-state index in [1.165, 1.54) is 6.42 Å². The summed E-state index contributed by atoms with van der Waals surface area (Å²) in [5.41, 5.74) is 1.58. The van der Waals surface area contributed by atoms with Crippen molar-refractivity contribution in [1.82, 2.24) is 9.80 Å². The van der Waals surface area contributed by atoms with Crippen LogP contribution in [0.4, 0.5) is 0 Å². The van der Waals surface area contributed by atoms with Crippen molar-refractivity contribution < 1.29 is 9.59 Å². The predicted molar refractivity (Wildman–Crippen MR) is 167 cm³/mol. The van der Waals surface area contributed by atoms with Gasteiger partial charge in [-0.2, -0.15) is 0 Å². The average molecular weight is 685 g/mol. The van der Waals surface area contributed by atoms with Gasteiger partial charge in [-0.1, -0.05) is 66.2 Å². The quantitative estimate of drug-likeness (QED) is 0.199. The molecule has 0 N–H and O–H groups in total. The number of hydrogen-bond donors (Lipinski definition) is 0. The summed E-state index contributed by atoms with van der Waals surface area (Å²) in [4.78, 5) is 34.9. The molecular weight excluding hydrogens is 644 g/mol. The summed E-state index contributed by atoms with van der Waals surface area (Å²) in [5.74, 6) is 0.568. The third-order valence-electron chi connectivity index (χ3n) is 8.19. The minimum absolute atomic E-state index is 0.0523. The number of amides is 2. The van der Waals surface area contributed by atoms with Crippen LogP contribution in [-0.2, 0) is 9.59 Å². The zero-order valence-corrected chi connectivity index (χ0v) is 27.8. The number of hydrogen-bond acceptors (Lipinski definition) is 4. The van der Waals surface area contributed by atoms with Gasteiger partial charge in [0.1, 0.15) is 0 Å². The molecule has 0 aromatic carbocycles. The highest BCUT2D eigenvalue weighted by Crippen LogP contribution is 2.53. The molecule has 1 saturated heterocycles. The highest BCUT2D eigenvalue weighted by atomic mass is 79.9. The van der Waals surface area contributed by atoms with Crippen LogP contribution in [-0.4, -0.2) is 34.7 Å². The minimum atomic E-state index is -0.448. The summed E-state index contributed by atoms with van der Waals surface area (Å²) < 4.78 is 2.05. The van der Waals surface area contributed by atoms with E-state index >= 15 is 0 Å². The normalized spacial score (nSPS) is 21.1. The minimum Gasteiger partial charge on any atom is -0.330 e. The fourth-order valence-electron chi connectivity index (χ4n) is 5.94. The molecule has 0 saturated carbocycles. The van der Waals surface area contributed by atoms with Crippen LogP contribution in [0.15, 0.2) is 37.4 Å². The Morgan fingerprint density at radius 3 is 1.97 bits per heavy atom. The number of fused-ring (bicyclic) bond motifs is 1. The first-order valence-electron chi connectivity index (χ1n) is 14.2. The Morgan fingerprint density at radius 1 is 0.842 bits per heavy atom. The number of likely N-dealkylation sites (tertiary alicyclic amines) is 1. The van der Waals surface area contributed by atoms with E-state index in [1.807, 2.05) is 21.9 Å². The number of carbonyl (C=O) groups excluding carboxylic acids is 2. The second-order valence-corrected chi connectivity index (χ2v) is 15.6. The number of thiophene rings is 2. The van der Waals surface area contributed by atoms with Gasteiger partial charge in [0, 0.05) is 18.0 Å². The molecule has 1 fully saturated rings. The second-order valence-electron chi connectivity index (χ2n) is 10.7. The van der Waals surface area contributed by atoms with Gasteiger partial charge in [0.15, 0.2) is 0 Å². The first-order valence-corrected chi connectivity index (χ1v) is 17.4. The molecule has 2 amide bonds. The van der Waals surface area contributed by atoms with Gasteiger partial charge in [-0.05, 0) is 80.8 Å². The SMILES string of the molecule is CCCCC(CC)CN1C(=O)C2C(=C1c1ccc(Br)s1)C(=O)N(CC(CC)CCCC)C2c1ccc(Br)s1. The van der Waals surface area contributed by atoms with Crippen LogP contribution in [0.5, 0.6) is 0 Å². The summed E-state index contributed by atoms with van der Waals surface area (Å²) in [5, 5.41) is 0. The van der Waals surface area contributed by atoms with E-state index in [-0.39, 0.29) is 17.9 Å². The second kappa shape index (κ2) is 13.6. The lowest BCUT2D eigenvalue weighted by Crippen LogP contribution is -2.39. The van der Waals surface area contributed by atoms with E-state index in [9.17, 15) is 9.59 Å². The van der Waals surface area contributed by atoms with Gasteiger partial charge >= 0.3 is 0 Å². The molecule has 4 unspecified atom stereocenters. The molecule has 2 aromatic rings. The maximum absolute atomic E-state index is 14.4. The smallest absolute Gasteiger partial charge is 0.253 e.